The third-order valence-electron chi connectivity index (χ3n) is 0.940. The van der Waals surface area contributed by atoms with Crippen LogP contribution in [0.15, 0.2) is 30.3 Å². The molecule has 0 spiro atoms. The monoisotopic (exact) mass is 348 g/mol. The van der Waals surface area contributed by atoms with Gasteiger partial charge in [0.1, 0.15) is 0 Å². The second kappa shape index (κ2) is 24.3. The van der Waals surface area contributed by atoms with E-state index in [9.17, 15) is 0 Å². The van der Waals surface area contributed by atoms with Crippen molar-refractivity contribution in [3.8, 4) is 0 Å². The summed E-state index contributed by atoms with van der Waals surface area (Å²) < 4.78 is 1.46. The molecule has 0 atom stereocenters. The van der Waals surface area contributed by atoms with Gasteiger partial charge in [0.05, 0.1) is 0 Å². The van der Waals surface area contributed by atoms with Gasteiger partial charge in [-0.25, -0.2) is 0 Å². The molecule has 12 N–H and O–H groups in total. The molecule has 0 aromatic heterocycles. The van der Waals surface area contributed by atoms with E-state index in [1.165, 1.54) is 30.7 Å². The van der Waals surface area contributed by atoms with Gasteiger partial charge in [0.2, 0.25) is 0 Å². The molecule has 0 saturated heterocycles. The van der Waals surface area contributed by atoms with Gasteiger partial charge in [0.15, 0.2) is 0 Å². The zero-order valence-electron chi connectivity index (χ0n) is 12.1. The SMILES string of the molecule is OB(O)O.OB(O)O.OB(O)O.OB(O)O.[Na][c]1ccccc1. The molecule has 17 heteroatoms. The van der Waals surface area contributed by atoms with E-state index in [0.717, 1.165) is 0 Å². The molecular weight excluding hydrogens is 330 g/mol. The van der Waals surface area contributed by atoms with Crippen molar-refractivity contribution >= 4 is 60.0 Å². The Balaban J connectivity index is -0.000000102. The number of benzene rings is 1. The van der Waals surface area contributed by atoms with Gasteiger partial charge in [-0.3, -0.25) is 0 Å². The Morgan fingerprint density at radius 3 is 0.739 bits per heavy atom. The number of hydrogen-bond acceptors (Lipinski definition) is 12. The Hall–Kier alpha value is -0.000260. The average Bonchev–Trinajstić information content (AvgIpc) is 2.26. The summed E-state index contributed by atoms with van der Waals surface area (Å²) in [6, 6.07) is 10.5. The molecular formula is C6H17B4NaO12. The summed E-state index contributed by atoms with van der Waals surface area (Å²) in [5.41, 5.74) is 0. The van der Waals surface area contributed by atoms with Crippen LogP contribution in [0, 0.1) is 0 Å². The van der Waals surface area contributed by atoms with Gasteiger partial charge in [-0.05, 0) is 0 Å². The first kappa shape index (κ1) is 30.8. The van der Waals surface area contributed by atoms with Crippen molar-refractivity contribution in [1.29, 1.82) is 0 Å². The van der Waals surface area contributed by atoms with E-state index in [0.29, 0.717) is 0 Å². The Morgan fingerprint density at radius 1 is 0.478 bits per heavy atom. The van der Waals surface area contributed by atoms with Crippen LogP contribution >= 0.6 is 0 Å². The summed E-state index contributed by atoms with van der Waals surface area (Å²) in [4.78, 5) is 0. The van der Waals surface area contributed by atoms with Gasteiger partial charge in [-0.15, -0.1) is 0 Å². The Bertz CT molecular complexity index is 270. The fraction of sp³-hybridized carbons (Fsp3) is 0. The standard InChI is InChI=1S/C6H5.4BH3O3.Na/c1-2-4-6-5-3-1;4*2-1(3)4;/h1-5H;4*2-4H;. The van der Waals surface area contributed by atoms with Gasteiger partial charge < -0.3 is 60.3 Å². The summed E-state index contributed by atoms with van der Waals surface area (Å²) in [5, 5.41) is 86.0. The third-order valence-corrected chi connectivity index (χ3v) is 1.61. The van der Waals surface area contributed by atoms with Crippen molar-refractivity contribution in [3.63, 3.8) is 0 Å². The first-order valence-electron chi connectivity index (χ1n) is 5.51. The normalized spacial score (nSPS) is 7.39. The van der Waals surface area contributed by atoms with Crippen molar-refractivity contribution in [1.82, 2.24) is 0 Å². The molecule has 1 aromatic carbocycles. The van der Waals surface area contributed by atoms with Crippen LogP contribution < -0.4 is 2.81 Å². The predicted molar refractivity (Wildman–Crippen MR) is 81.5 cm³/mol. The molecule has 12 nitrogen and oxygen atoms in total. The molecule has 0 fully saturated rings. The minimum absolute atomic E-state index is 1.17. The second-order valence-electron chi connectivity index (χ2n) is 3.04. The quantitative estimate of drug-likeness (QED) is 0.196. The molecule has 0 aliphatic heterocycles. The molecule has 0 unspecified atom stereocenters. The molecule has 0 radical (unpaired) electrons. The van der Waals surface area contributed by atoms with Crippen LogP contribution in [0.1, 0.15) is 0 Å². The van der Waals surface area contributed by atoms with Crippen LogP contribution in [0.4, 0.5) is 0 Å². The molecule has 0 heterocycles. The maximum absolute atomic E-state index is 7.17. The second-order valence-corrected chi connectivity index (χ2v) is 4.20. The predicted octanol–water partition coefficient (Wildman–Crippen LogP) is -7.73. The van der Waals surface area contributed by atoms with Gasteiger partial charge in [0, 0.05) is 0 Å². The molecule has 23 heavy (non-hydrogen) atoms. The van der Waals surface area contributed by atoms with E-state index >= 15 is 0 Å². The van der Waals surface area contributed by atoms with E-state index < -0.39 is 29.3 Å². The molecule has 0 bridgehead atoms. The molecule has 0 aliphatic carbocycles. The Labute approximate surface area is 150 Å². The fourth-order valence-corrected chi connectivity index (χ4v) is 0.919. The zero-order valence-corrected chi connectivity index (χ0v) is 14.1. The summed E-state index contributed by atoms with van der Waals surface area (Å²) in [6.07, 6.45) is 0. The van der Waals surface area contributed by atoms with E-state index in [1.54, 1.807) is 0 Å². The summed E-state index contributed by atoms with van der Waals surface area (Å²) in [5.74, 6) is 0. The van der Waals surface area contributed by atoms with E-state index in [4.69, 9.17) is 60.3 Å². The van der Waals surface area contributed by atoms with Crippen LogP contribution in [-0.4, -0.2) is 118 Å². The van der Waals surface area contributed by atoms with Gasteiger partial charge in [0.25, 0.3) is 0 Å². The van der Waals surface area contributed by atoms with Crippen LogP contribution in [-0.2, 0) is 0 Å². The van der Waals surface area contributed by atoms with Crippen LogP contribution in [0.25, 0.3) is 0 Å². The van der Waals surface area contributed by atoms with Crippen molar-refractivity contribution in [2.24, 2.45) is 0 Å². The third kappa shape index (κ3) is 138. The average molecular weight is 347 g/mol. The Morgan fingerprint density at radius 2 is 0.652 bits per heavy atom. The molecule has 0 saturated carbocycles. The topological polar surface area (TPSA) is 243 Å². The van der Waals surface area contributed by atoms with Crippen LogP contribution in [0.5, 0.6) is 0 Å². The summed E-state index contributed by atoms with van der Waals surface area (Å²) in [6.45, 7) is 0. The van der Waals surface area contributed by atoms with Crippen molar-refractivity contribution in [3.05, 3.63) is 30.3 Å². The van der Waals surface area contributed by atoms with E-state index in [1.807, 2.05) is 6.07 Å². The first-order valence-corrected chi connectivity index (χ1v) is 6.51. The van der Waals surface area contributed by atoms with E-state index in [2.05, 4.69) is 24.3 Å². The van der Waals surface area contributed by atoms with Crippen molar-refractivity contribution < 1.29 is 60.3 Å². The van der Waals surface area contributed by atoms with E-state index in [-0.39, 0.29) is 0 Å². The van der Waals surface area contributed by atoms with Gasteiger partial charge in [-0.1, -0.05) is 0 Å². The van der Waals surface area contributed by atoms with Crippen molar-refractivity contribution in [2.45, 2.75) is 0 Å². The Kier molecular flexibility index (Phi) is 32.5. The number of rotatable bonds is 0. The summed E-state index contributed by atoms with van der Waals surface area (Å²) >= 11 is 1.17. The summed E-state index contributed by atoms with van der Waals surface area (Å²) in [7, 11) is -8.67. The zero-order chi connectivity index (χ0) is 19.4. The fourth-order valence-electron chi connectivity index (χ4n) is 0.534. The number of hydrogen-bond donors (Lipinski definition) is 12. The van der Waals surface area contributed by atoms with Crippen LogP contribution in [0.3, 0.4) is 0 Å². The van der Waals surface area contributed by atoms with Crippen LogP contribution in [0.2, 0.25) is 0 Å². The van der Waals surface area contributed by atoms with Crippen molar-refractivity contribution in [2.75, 3.05) is 0 Å². The molecule has 0 aliphatic rings. The van der Waals surface area contributed by atoms with Gasteiger partial charge in [-0.2, -0.15) is 0 Å². The maximum atomic E-state index is 7.17. The minimum atomic E-state index is -2.17. The molecule has 0 amide bonds. The first-order chi connectivity index (χ1) is 10.3. The molecule has 1 aromatic rings. The molecule has 1 rings (SSSR count). The van der Waals surface area contributed by atoms with Gasteiger partial charge >= 0.3 is 90.4 Å². The molecule has 126 valence electrons.